The number of rotatable bonds is 5. The fraction of sp³-hybridized carbons (Fsp3) is 0.0526. The lowest BCUT2D eigenvalue weighted by Gasteiger charge is -2.15. The number of hydrogen-bond donors (Lipinski definition) is 2. The molecule has 238 valence electrons. The summed E-state index contributed by atoms with van der Waals surface area (Å²) in [5.41, 5.74) is 3.30. The van der Waals surface area contributed by atoms with Gasteiger partial charge in [0.1, 0.15) is 40.5 Å². The maximum atomic E-state index is 14.5. The van der Waals surface area contributed by atoms with Crippen molar-refractivity contribution in [1.29, 1.82) is 0 Å². The van der Waals surface area contributed by atoms with E-state index in [2.05, 4.69) is 0 Å². The summed E-state index contributed by atoms with van der Waals surface area (Å²) in [5.74, 6) is -2.22. The summed E-state index contributed by atoms with van der Waals surface area (Å²) < 4.78 is 62.2. The standard InChI is InChI=1S/C20H15ClF2O.C18H11ClF2O2/c1-12-10-19(24-2)16(14-7-5-8-17(21)20(14)23)11-15(12)13-6-3-4-9-18(13)22;19-14-6-3-5-11(18(14)21)13-8-12(16(22)9-17(13)23)10-4-1-2-7-15(10)20/h3-11H,1-2H3;1-9,22-23H. The van der Waals surface area contributed by atoms with Crippen molar-refractivity contribution in [2.24, 2.45) is 0 Å². The van der Waals surface area contributed by atoms with Gasteiger partial charge in [0.05, 0.1) is 17.2 Å². The first-order chi connectivity index (χ1) is 22.5. The van der Waals surface area contributed by atoms with E-state index in [4.69, 9.17) is 27.9 Å². The number of phenols is 2. The van der Waals surface area contributed by atoms with Crippen LogP contribution in [0.3, 0.4) is 0 Å². The summed E-state index contributed by atoms with van der Waals surface area (Å²) in [4.78, 5) is 0. The van der Waals surface area contributed by atoms with Gasteiger partial charge in [0.15, 0.2) is 0 Å². The third kappa shape index (κ3) is 6.92. The van der Waals surface area contributed by atoms with E-state index in [-0.39, 0.29) is 49.6 Å². The molecular weight excluding hydrogens is 651 g/mol. The maximum absolute atomic E-state index is 14.5. The zero-order valence-electron chi connectivity index (χ0n) is 25.0. The molecule has 0 spiro atoms. The van der Waals surface area contributed by atoms with E-state index in [9.17, 15) is 27.8 Å². The Morgan fingerprint density at radius 3 is 1.43 bits per heavy atom. The Labute approximate surface area is 278 Å². The average molecular weight is 678 g/mol. The van der Waals surface area contributed by atoms with Crippen LogP contribution in [0.1, 0.15) is 5.56 Å². The van der Waals surface area contributed by atoms with Crippen molar-refractivity contribution in [2.45, 2.75) is 6.92 Å². The van der Waals surface area contributed by atoms with Crippen molar-refractivity contribution in [3.63, 3.8) is 0 Å². The lowest BCUT2D eigenvalue weighted by molar-refractivity contribution is 0.416. The van der Waals surface area contributed by atoms with Gasteiger partial charge in [-0.25, -0.2) is 17.6 Å². The molecule has 0 saturated heterocycles. The molecule has 2 N–H and O–H groups in total. The second kappa shape index (κ2) is 14.2. The Kier molecular flexibility index (Phi) is 10.1. The van der Waals surface area contributed by atoms with Crippen molar-refractivity contribution < 1.29 is 32.5 Å². The maximum Gasteiger partial charge on any atom is 0.149 e. The monoisotopic (exact) mass is 676 g/mol. The van der Waals surface area contributed by atoms with E-state index < -0.39 is 17.5 Å². The molecule has 0 bridgehead atoms. The number of methoxy groups -OCH3 is 1. The fourth-order valence-electron chi connectivity index (χ4n) is 5.14. The first-order valence-electron chi connectivity index (χ1n) is 14.1. The fourth-order valence-corrected chi connectivity index (χ4v) is 5.49. The van der Waals surface area contributed by atoms with Gasteiger partial charge in [-0.1, -0.05) is 83.9 Å². The largest absolute Gasteiger partial charge is 0.507 e. The van der Waals surface area contributed by atoms with Gasteiger partial charge in [-0.3, -0.25) is 0 Å². The van der Waals surface area contributed by atoms with Gasteiger partial charge < -0.3 is 14.9 Å². The van der Waals surface area contributed by atoms with Gasteiger partial charge in [0.25, 0.3) is 0 Å². The van der Waals surface area contributed by atoms with Crippen LogP contribution in [0, 0.1) is 30.2 Å². The molecule has 0 atom stereocenters. The van der Waals surface area contributed by atoms with Gasteiger partial charge in [0, 0.05) is 45.0 Å². The van der Waals surface area contributed by atoms with Gasteiger partial charge >= 0.3 is 0 Å². The van der Waals surface area contributed by atoms with Crippen molar-refractivity contribution in [3.05, 3.63) is 148 Å². The zero-order valence-corrected chi connectivity index (χ0v) is 26.5. The SMILES string of the molecule is COc1cc(C)c(-c2ccccc2F)cc1-c1cccc(Cl)c1F.Oc1cc(O)c(-c2cccc(Cl)c2F)cc1-c1ccccc1F. The van der Waals surface area contributed by atoms with Crippen LogP contribution in [0.25, 0.3) is 44.5 Å². The van der Waals surface area contributed by atoms with E-state index in [1.54, 1.807) is 48.5 Å². The molecule has 6 rings (SSSR count). The molecule has 6 aromatic rings. The lowest BCUT2D eigenvalue weighted by Crippen LogP contribution is -1.95. The van der Waals surface area contributed by atoms with Crippen LogP contribution in [-0.2, 0) is 0 Å². The molecule has 0 fully saturated rings. The third-order valence-electron chi connectivity index (χ3n) is 7.47. The number of aryl methyl sites for hydroxylation is 1. The molecular formula is C38H26Cl2F4O3. The second-order valence-electron chi connectivity index (χ2n) is 10.4. The van der Waals surface area contributed by atoms with Gasteiger partial charge in [-0.05, 0) is 60.5 Å². The quantitative estimate of drug-likeness (QED) is 0.179. The number of ether oxygens (including phenoxy) is 1. The molecule has 0 unspecified atom stereocenters. The first-order valence-corrected chi connectivity index (χ1v) is 14.9. The minimum atomic E-state index is -0.699. The predicted molar refractivity (Wildman–Crippen MR) is 179 cm³/mol. The topological polar surface area (TPSA) is 49.7 Å². The Balaban J connectivity index is 0.000000185. The number of halogens is 6. The Hall–Kier alpha value is -4.98. The smallest absolute Gasteiger partial charge is 0.149 e. The van der Waals surface area contributed by atoms with E-state index >= 15 is 0 Å². The van der Waals surface area contributed by atoms with Crippen LogP contribution in [0.2, 0.25) is 10.0 Å². The summed E-state index contributed by atoms with van der Waals surface area (Å²) >= 11 is 11.7. The molecule has 0 aliphatic carbocycles. The van der Waals surface area contributed by atoms with Gasteiger partial charge in [-0.2, -0.15) is 0 Å². The number of benzene rings is 6. The highest BCUT2D eigenvalue weighted by Gasteiger charge is 2.19. The van der Waals surface area contributed by atoms with Crippen LogP contribution in [0.15, 0.2) is 109 Å². The Morgan fingerprint density at radius 2 is 0.915 bits per heavy atom. The van der Waals surface area contributed by atoms with E-state index in [1.807, 2.05) is 6.92 Å². The molecule has 47 heavy (non-hydrogen) atoms. The van der Waals surface area contributed by atoms with Gasteiger partial charge in [0.2, 0.25) is 0 Å². The molecule has 0 amide bonds. The number of hydrogen-bond acceptors (Lipinski definition) is 3. The molecule has 0 heterocycles. The van der Waals surface area contributed by atoms with Crippen molar-refractivity contribution in [2.75, 3.05) is 7.11 Å². The van der Waals surface area contributed by atoms with Crippen LogP contribution >= 0.6 is 23.2 Å². The number of phenolic OH excluding ortho intramolecular Hbond substituents is 2. The molecule has 6 aromatic carbocycles. The molecule has 0 saturated carbocycles. The highest BCUT2D eigenvalue weighted by molar-refractivity contribution is 6.31. The minimum absolute atomic E-state index is 0.0302. The van der Waals surface area contributed by atoms with E-state index in [0.29, 0.717) is 28.0 Å². The second-order valence-corrected chi connectivity index (χ2v) is 11.2. The molecule has 9 heteroatoms. The van der Waals surface area contributed by atoms with Crippen LogP contribution in [0.4, 0.5) is 17.6 Å². The first kappa shape index (κ1) is 33.4. The minimum Gasteiger partial charge on any atom is -0.507 e. The van der Waals surface area contributed by atoms with Crippen LogP contribution in [-0.4, -0.2) is 17.3 Å². The van der Waals surface area contributed by atoms with Crippen molar-refractivity contribution in [1.82, 2.24) is 0 Å². The average Bonchev–Trinajstić information content (AvgIpc) is 3.05. The predicted octanol–water partition coefficient (Wildman–Crippen LogP) is 11.6. The van der Waals surface area contributed by atoms with Gasteiger partial charge in [-0.15, -0.1) is 0 Å². The van der Waals surface area contributed by atoms with Crippen molar-refractivity contribution in [3.8, 4) is 61.8 Å². The molecule has 0 aliphatic rings. The Bertz CT molecular complexity index is 2100. The summed E-state index contributed by atoms with van der Waals surface area (Å²) in [6, 6.07) is 27.4. The Morgan fingerprint density at radius 1 is 0.489 bits per heavy atom. The molecule has 0 aromatic heterocycles. The summed E-state index contributed by atoms with van der Waals surface area (Å²) in [6.07, 6.45) is 0. The molecule has 0 aliphatic heterocycles. The summed E-state index contributed by atoms with van der Waals surface area (Å²) in [7, 11) is 1.52. The number of aromatic hydroxyl groups is 2. The van der Waals surface area contributed by atoms with Crippen LogP contribution in [0.5, 0.6) is 17.2 Å². The highest BCUT2D eigenvalue weighted by Crippen LogP contribution is 2.42. The summed E-state index contributed by atoms with van der Waals surface area (Å²) in [6.45, 7) is 1.86. The van der Waals surface area contributed by atoms with E-state index in [1.165, 1.54) is 61.7 Å². The van der Waals surface area contributed by atoms with Crippen LogP contribution < -0.4 is 4.74 Å². The zero-order chi connectivity index (χ0) is 33.8. The molecule has 0 radical (unpaired) electrons. The highest BCUT2D eigenvalue weighted by atomic mass is 35.5. The van der Waals surface area contributed by atoms with Crippen molar-refractivity contribution >= 4 is 23.2 Å². The van der Waals surface area contributed by atoms with E-state index in [0.717, 1.165) is 11.6 Å². The third-order valence-corrected chi connectivity index (χ3v) is 8.06. The summed E-state index contributed by atoms with van der Waals surface area (Å²) in [5, 5.41) is 20.0. The lowest BCUT2D eigenvalue weighted by atomic mass is 9.94. The molecule has 3 nitrogen and oxygen atoms in total. The normalized spacial score (nSPS) is 10.7.